The minimum atomic E-state index is 1.00. The van der Waals surface area contributed by atoms with E-state index in [2.05, 4.69) is 40.0 Å². The standard InChI is InChI=1S/C16H14N2/c1-13-17-15-9-5-6-10-16(15)18(13)12-11-14-7-3-2-4-8-14/h2-12H,1H3/b12-11-. The van der Waals surface area contributed by atoms with E-state index in [1.807, 2.05) is 43.3 Å². The highest BCUT2D eigenvalue weighted by Crippen LogP contribution is 2.16. The summed E-state index contributed by atoms with van der Waals surface area (Å²) in [5, 5.41) is 0. The van der Waals surface area contributed by atoms with Gasteiger partial charge < -0.3 is 4.57 Å². The molecular formula is C16H14N2. The molecule has 0 unspecified atom stereocenters. The Labute approximate surface area is 106 Å². The molecule has 0 saturated heterocycles. The summed E-state index contributed by atoms with van der Waals surface area (Å²) in [6, 6.07) is 18.5. The number of benzene rings is 2. The van der Waals surface area contributed by atoms with Crippen LogP contribution in [0.1, 0.15) is 11.4 Å². The number of aryl methyl sites for hydroxylation is 1. The summed E-state index contributed by atoms with van der Waals surface area (Å²) in [6.45, 7) is 2.02. The summed E-state index contributed by atoms with van der Waals surface area (Å²) >= 11 is 0. The maximum absolute atomic E-state index is 4.54. The lowest BCUT2D eigenvalue weighted by Gasteiger charge is -1.99. The van der Waals surface area contributed by atoms with Crippen LogP contribution in [0.2, 0.25) is 0 Å². The van der Waals surface area contributed by atoms with Crippen LogP contribution in [0, 0.1) is 6.92 Å². The molecule has 0 aliphatic rings. The number of fused-ring (bicyclic) bond motifs is 1. The molecule has 0 radical (unpaired) electrons. The third kappa shape index (κ3) is 1.93. The molecule has 88 valence electrons. The zero-order valence-electron chi connectivity index (χ0n) is 10.2. The maximum atomic E-state index is 4.54. The zero-order valence-corrected chi connectivity index (χ0v) is 10.2. The number of aromatic nitrogens is 2. The van der Waals surface area contributed by atoms with E-state index in [0.29, 0.717) is 0 Å². The van der Waals surface area contributed by atoms with Crippen LogP contribution in [0.25, 0.3) is 23.3 Å². The van der Waals surface area contributed by atoms with Crippen molar-refractivity contribution in [3.63, 3.8) is 0 Å². The van der Waals surface area contributed by atoms with Gasteiger partial charge in [-0.1, -0.05) is 42.5 Å². The van der Waals surface area contributed by atoms with Crippen molar-refractivity contribution in [1.29, 1.82) is 0 Å². The lowest BCUT2D eigenvalue weighted by molar-refractivity contribution is 1.06. The van der Waals surface area contributed by atoms with Gasteiger partial charge in [-0.2, -0.15) is 0 Å². The van der Waals surface area contributed by atoms with E-state index in [0.717, 1.165) is 16.9 Å². The molecule has 0 N–H and O–H groups in total. The van der Waals surface area contributed by atoms with Crippen molar-refractivity contribution in [2.24, 2.45) is 0 Å². The van der Waals surface area contributed by atoms with Crippen LogP contribution < -0.4 is 0 Å². The molecular weight excluding hydrogens is 220 g/mol. The second-order valence-corrected chi connectivity index (χ2v) is 4.24. The van der Waals surface area contributed by atoms with Crippen LogP contribution in [0.5, 0.6) is 0 Å². The summed E-state index contributed by atoms with van der Waals surface area (Å²) < 4.78 is 2.11. The number of hydrogen-bond donors (Lipinski definition) is 0. The van der Waals surface area contributed by atoms with Crippen molar-refractivity contribution >= 4 is 23.3 Å². The van der Waals surface area contributed by atoms with Crippen molar-refractivity contribution in [3.8, 4) is 0 Å². The van der Waals surface area contributed by atoms with E-state index in [1.165, 1.54) is 5.56 Å². The van der Waals surface area contributed by atoms with E-state index in [-0.39, 0.29) is 0 Å². The van der Waals surface area contributed by atoms with E-state index < -0.39 is 0 Å². The van der Waals surface area contributed by atoms with Gasteiger partial charge in [0.25, 0.3) is 0 Å². The van der Waals surface area contributed by atoms with Gasteiger partial charge in [0.05, 0.1) is 11.0 Å². The van der Waals surface area contributed by atoms with Gasteiger partial charge >= 0.3 is 0 Å². The molecule has 1 aromatic heterocycles. The predicted molar refractivity (Wildman–Crippen MR) is 76.1 cm³/mol. The summed E-state index contributed by atoms with van der Waals surface area (Å²) in [7, 11) is 0. The first-order valence-corrected chi connectivity index (χ1v) is 6.01. The average Bonchev–Trinajstić information content (AvgIpc) is 2.73. The van der Waals surface area contributed by atoms with Gasteiger partial charge in [0.2, 0.25) is 0 Å². The monoisotopic (exact) mass is 234 g/mol. The van der Waals surface area contributed by atoms with Crippen molar-refractivity contribution in [1.82, 2.24) is 9.55 Å². The number of imidazole rings is 1. The van der Waals surface area contributed by atoms with Crippen LogP contribution in [0.3, 0.4) is 0 Å². The molecule has 0 fully saturated rings. The number of nitrogens with zero attached hydrogens (tertiary/aromatic N) is 2. The number of rotatable bonds is 2. The fourth-order valence-corrected chi connectivity index (χ4v) is 2.08. The normalized spacial score (nSPS) is 11.4. The lowest BCUT2D eigenvalue weighted by Crippen LogP contribution is -1.88. The molecule has 1 heterocycles. The Hall–Kier alpha value is -2.35. The molecule has 0 aliphatic heterocycles. The Bertz CT molecular complexity index is 693. The molecule has 3 aromatic rings. The molecule has 0 atom stereocenters. The Morgan fingerprint density at radius 2 is 1.67 bits per heavy atom. The largest absolute Gasteiger partial charge is 0.303 e. The highest BCUT2D eigenvalue weighted by Gasteiger charge is 2.02. The molecule has 2 nitrogen and oxygen atoms in total. The Morgan fingerprint density at radius 1 is 0.944 bits per heavy atom. The smallest absolute Gasteiger partial charge is 0.110 e. The highest BCUT2D eigenvalue weighted by atomic mass is 15.1. The molecule has 2 heteroatoms. The molecule has 18 heavy (non-hydrogen) atoms. The lowest BCUT2D eigenvalue weighted by atomic mass is 10.2. The first-order valence-electron chi connectivity index (χ1n) is 6.01. The van der Waals surface area contributed by atoms with Crippen molar-refractivity contribution < 1.29 is 0 Å². The molecule has 0 saturated carbocycles. The summed E-state index contributed by atoms with van der Waals surface area (Å²) in [6.07, 6.45) is 4.17. The van der Waals surface area contributed by atoms with E-state index >= 15 is 0 Å². The van der Waals surface area contributed by atoms with Crippen LogP contribution in [-0.2, 0) is 0 Å². The minimum absolute atomic E-state index is 1.00. The highest BCUT2D eigenvalue weighted by molar-refractivity contribution is 5.79. The topological polar surface area (TPSA) is 17.8 Å². The van der Waals surface area contributed by atoms with Crippen molar-refractivity contribution in [3.05, 3.63) is 66.0 Å². The van der Waals surface area contributed by atoms with Crippen molar-refractivity contribution in [2.75, 3.05) is 0 Å². The Balaban J connectivity index is 2.05. The van der Waals surface area contributed by atoms with Crippen LogP contribution >= 0.6 is 0 Å². The zero-order chi connectivity index (χ0) is 12.4. The third-order valence-corrected chi connectivity index (χ3v) is 2.99. The Kier molecular flexibility index (Phi) is 2.69. The molecule has 0 aliphatic carbocycles. The van der Waals surface area contributed by atoms with Gasteiger partial charge in [0.1, 0.15) is 5.82 Å². The number of hydrogen-bond acceptors (Lipinski definition) is 1. The van der Waals surface area contributed by atoms with Gasteiger partial charge in [-0.3, -0.25) is 0 Å². The predicted octanol–water partition coefficient (Wildman–Crippen LogP) is 3.97. The minimum Gasteiger partial charge on any atom is -0.303 e. The second kappa shape index (κ2) is 4.49. The molecule has 3 rings (SSSR count). The fourth-order valence-electron chi connectivity index (χ4n) is 2.08. The average molecular weight is 234 g/mol. The van der Waals surface area contributed by atoms with Gasteiger partial charge in [-0.15, -0.1) is 0 Å². The van der Waals surface area contributed by atoms with Gasteiger partial charge in [0.15, 0.2) is 0 Å². The van der Waals surface area contributed by atoms with Gasteiger partial charge in [-0.05, 0) is 30.7 Å². The second-order valence-electron chi connectivity index (χ2n) is 4.24. The summed E-state index contributed by atoms with van der Waals surface area (Å²) in [4.78, 5) is 4.54. The molecule has 0 spiro atoms. The van der Waals surface area contributed by atoms with Crippen molar-refractivity contribution in [2.45, 2.75) is 6.92 Å². The Morgan fingerprint density at radius 3 is 2.50 bits per heavy atom. The quantitative estimate of drug-likeness (QED) is 0.656. The fraction of sp³-hybridized carbons (Fsp3) is 0.0625. The van der Waals surface area contributed by atoms with E-state index in [4.69, 9.17) is 0 Å². The van der Waals surface area contributed by atoms with Gasteiger partial charge in [-0.25, -0.2) is 4.98 Å². The first kappa shape index (κ1) is 10.8. The molecule has 2 aromatic carbocycles. The van der Waals surface area contributed by atoms with Crippen LogP contribution in [-0.4, -0.2) is 9.55 Å². The molecule has 0 bridgehead atoms. The van der Waals surface area contributed by atoms with Gasteiger partial charge in [0, 0.05) is 6.20 Å². The third-order valence-electron chi connectivity index (χ3n) is 2.99. The number of para-hydroxylation sites is 2. The van der Waals surface area contributed by atoms with E-state index in [1.54, 1.807) is 0 Å². The summed E-state index contributed by atoms with van der Waals surface area (Å²) in [5.41, 5.74) is 3.37. The maximum Gasteiger partial charge on any atom is 0.110 e. The van der Waals surface area contributed by atoms with Crippen LogP contribution in [0.15, 0.2) is 54.6 Å². The van der Waals surface area contributed by atoms with Crippen LogP contribution in [0.4, 0.5) is 0 Å². The summed E-state index contributed by atoms with van der Waals surface area (Å²) in [5.74, 6) is 1.00. The SMILES string of the molecule is Cc1nc2ccccc2n1/C=C\c1ccccc1. The first-order chi connectivity index (χ1) is 8.84. The molecule has 0 amide bonds. The van der Waals surface area contributed by atoms with E-state index in [9.17, 15) is 0 Å².